The zero-order valence-electron chi connectivity index (χ0n) is 11.1. The Labute approximate surface area is 110 Å². The molecule has 1 aliphatic rings. The van der Waals surface area contributed by atoms with Crippen molar-refractivity contribution in [3.05, 3.63) is 59.8 Å². The normalized spacial score (nSPS) is 23.4. The molecule has 2 nitrogen and oxygen atoms in total. The SMILES string of the molecule is [C-]#[N+]C(CC=C)([N+]#[C-])C1=CCCCC1(C)CC=C. The van der Waals surface area contributed by atoms with Gasteiger partial charge in [0.2, 0.25) is 0 Å². The maximum Gasteiger partial charge on any atom is 0.509 e. The lowest BCUT2D eigenvalue weighted by molar-refractivity contribution is 0.312. The Morgan fingerprint density at radius 3 is 2.56 bits per heavy atom. The van der Waals surface area contributed by atoms with Gasteiger partial charge in [-0.1, -0.05) is 25.2 Å². The molecule has 1 atom stereocenters. The molecule has 0 heterocycles. The summed E-state index contributed by atoms with van der Waals surface area (Å²) in [6.45, 7) is 24.6. The topological polar surface area (TPSA) is 8.72 Å². The number of rotatable bonds is 5. The lowest BCUT2D eigenvalue weighted by atomic mass is 9.67. The van der Waals surface area contributed by atoms with Gasteiger partial charge in [0, 0.05) is 5.41 Å². The van der Waals surface area contributed by atoms with Gasteiger partial charge in [0.1, 0.15) is 12.0 Å². The van der Waals surface area contributed by atoms with Crippen LogP contribution in [0.2, 0.25) is 0 Å². The summed E-state index contributed by atoms with van der Waals surface area (Å²) in [6.07, 6.45) is 10.0. The zero-order chi connectivity index (χ0) is 13.6. The van der Waals surface area contributed by atoms with Crippen molar-refractivity contribution in [1.29, 1.82) is 0 Å². The van der Waals surface area contributed by atoms with E-state index in [9.17, 15) is 0 Å². The van der Waals surface area contributed by atoms with Crippen LogP contribution in [-0.2, 0) is 0 Å². The van der Waals surface area contributed by atoms with Crippen LogP contribution in [0, 0.1) is 18.6 Å². The van der Waals surface area contributed by atoms with Crippen LogP contribution >= 0.6 is 0 Å². The Morgan fingerprint density at radius 1 is 1.39 bits per heavy atom. The smallest absolute Gasteiger partial charge is 0.226 e. The van der Waals surface area contributed by atoms with E-state index in [1.54, 1.807) is 6.08 Å². The molecule has 0 aliphatic heterocycles. The lowest BCUT2D eigenvalue weighted by Gasteiger charge is -2.34. The molecule has 0 saturated carbocycles. The molecule has 0 aromatic rings. The molecule has 0 fully saturated rings. The molecule has 0 aromatic carbocycles. The van der Waals surface area contributed by atoms with Gasteiger partial charge >= 0.3 is 5.66 Å². The highest BCUT2D eigenvalue weighted by Crippen LogP contribution is 2.48. The predicted molar refractivity (Wildman–Crippen MR) is 75.6 cm³/mol. The minimum Gasteiger partial charge on any atom is -0.226 e. The fourth-order valence-corrected chi connectivity index (χ4v) is 2.85. The standard InChI is InChI=1S/C16H20N2/c1-6-11-15(3)13-9-8-10-14(15)16(17-4,18-5)12-7-2/h6-7,10H,1-2,8-9,11-13H2,3H3. The number of nitrogens with zero attached hydrogens (tertiary/aromatic N) is 2. The first-order chi connectivity index (χ1) is 8.58. The lowest BCUT2D eigenvalue weighted by Crippen LogP contribution is -2.35. The maximum absolute atomic E-state index is 7.45. The van der Waals surface area contributed by atoms with Crippen molar-refractivity contribution in [3.63, 3.8) is 0 Å². The van der Waals surface area contributed by atoms with E-state index in [-0.39, 0.29) is 5.41 Å². The molecule has 1 aliphatic carbocycles. The van der Waals surface area contributed by atoms with Gasteiger partial charge in [-0.3, -0.25) is 0 Å². The van der Waals surface area contributed by atoms with Crippen LogP contribution < -0.4 is 0 Å². The summed E-state index contributed by atoms with van der Waals surface area (Å²) >= 11 is 0. The Hall–Kier alpha value is -1.80. The fourth-order valence-electron chi connectivity index (χ4n) is 2.85. The van der Waals surface area contributed by atoms with Gasteiger partial charge in [0.05, 0.1) is 0 Å². The second-order valence-corrected chi connectivity index (χ2v) is 5.10. The van der Waals surface area contributed by atoms with E-state index in [1.807, 2.05) is 6.08 Å². The predicted octanol–water partition coefficient (Wildman–Crippen LogP) is 4.79. The van der Waals surface area contributed by atoms with Crippen molar-refractivity contribution in [1.82, 2.24) is 0 Å². The van der Waals surface area contributed by atoms with E-state index in [2.05, 4.69) is 35.8 Å². The summed E-state index contributed by atoms with van der Waals surface area (Å²) in [6, 6.07) is 0. The first-order valence-corrected chi connectivity index (χ1v) is 6.29. The Morgan fingerprint density at radius 2 is 2.06 bits per heavy atom. The number of allylic oxidation sites excluding steroid dienone is 2. The number of hydrogen-bond donors (Lipinski definition) is 0. The average molecular weight is 240 g/mol. The van der Waals surface area contributed by atoms with Crippen LogP contribution in [-0.4, -0.2) is 5.66 Å². The van der Waals surface area contributed by atoms with E-state index in [1.165, 1.54) is 0 Å². The Balaban J connectivity index is 3.29. The molecular weight excluding hydrogens is 220 g/mol. The number of hydrogen-bond acceptors (Lipinski definition) is 0. The van der Waals surface area contributed by atoms with Crippen molar-refractivity contribution >= 4 is 0 Å². The van der Waals surface area contributed by atoms with Gasteiger partial charge in [-0.05, 0) is 25.7 Å². The third-order valence-electron chi connectivity index (χ3n) is 3.76. The molecule has 2 heteroatoms. The van der Waals surface area contributed by atoms with Crippen LogP contribution in [0.3, 0.4) is 0 Å². The van der Waals surface area contributed by atoms with Crippen molar-refractivity contribution in [3.8, 4) is 0 Å². The van der Waals surface area contributed by atoms with E-state index < -0.39 is 5.66 Å². The van der Waals surface area contributed by atoms with Crippen LogP contribution in [0.15, 0.2) is 37.0 Å². The van der Waals surface area contributed by atoms with Crippen LogP contribution in [0.4, 0.5) is 0 Å². The minimum absolute atomic E-state index is 0.0991. The van der Waals surface area contributed by atoms with Gasteiger partial charge in [0.25, 0.3) is 0 Å². The van der Waals surface area contributed by atoms with E-state index in [0.29, 0.717) is 6.42 Å². The molecule has 0 aromatic heterocycles. The van der Waals surface area contributed by atoms with E-state index in [0.717, 1.165) is 31.3 Å². The monoisotopic (exact) mass is 240 g/mol. The van der Waals surface area contributed by atoms with Crippen LogP contribution in [0.5, 0.6) is 0 Å². The largest absolute Gasteiger partial charge is 0.509 e. The summed E-state index contributed by atoms with van der Waals surface area (Å²) in [7, 11) is 0. The molecular formula is C16H20N2. The molecule has 0 N–H and O–H groups in total. The first-order valence-electron chi connectivity index (χ1n) is 6.29. The van der Waals surface area contributed by atoms with Crippen LogP contribution in [0.25, 0.3) is 9.69 Å². The third-order valence-corrected chi connectivity index (χ3v) is 3.76. The summed E-state index contributed by atoms with van der Waals surface area (Å²) in [5.74, 6) is 0. The summed E-state index contributed by atoms with van der Waals surface area (Å²) in [4.78, 5) is 7.30. The summed E-state index contributed by atoms with van der Waals surface area (Å²) < 4.78 is 0. The van der Waals surface area contributed by atoms with Crippen molar-refractivity contribution < 1.29 is 0 Å². The molecule has 0 spiro atoms. The van der Waals surface area contributed by atoms with Gasteiger partial charge in [-0.15, -0.1) is 13.2 Å². The molecule has 94 valence electrons. The minimum atomic E-state index is -1.08. The van der Waals surface area contributed by atoms with Gasteiger partial charge in [-0.2, -0.15) is 0 Å². The Bertz CT molecular complexity index is 431. The first kappa shape index (κ1) is 14.3. The summed E-state index contributed by atoms with van der Waals surface area (Å²) in [5.41, 5.74) is -0.205. The van der Waals surface area contributed by atoms with Crippen molar-refractivity contribution in [2.75, 3.05) is 0 Å². The molecule has 0 radical (unpaired) electrons. The van der Waals surface area contributed by atoms with E-state index in [4.69, 9.17) is 13.1 Å². The Kier molecular flexibility index (Phi) is 4.51. The quantitative estimate of drug-likeness (QED) is 0.482. The van der Waals surface area contributed by atoms with Gasteiger partial charge in [-0.25, -0.2) is 22.8 Å². The van der Waals surface area contributed by atoms with Crippen molar-refractivity contribution in [2.24, 2.45) is 5.41 Å². The second kappa shape index (κ2) is 5.69. The third kappa shape index (κ3) is 2.39. The molecule has 1 unspecified atom stereocenters. The average Bonchev–Trinajstić information content (AvgIpc) is 2.37. The molecule has 0 amide bonds. The molecule has 1 rings (SSSR count). The highest BCUT2D eigenvalue weighted by atomic mass is 15.0. The molecule has 18 heavy (non-hydrogen) atoms. The highest BCUT2D eigenvalue weighted by molar-refractivity contribution is 5.38. The van der Waals surface area contributed by atoms with Crippen molar-refractivity contribution in [2.45, 2.75) is 44.7 Å². The summed E-state index contributed by atoms with van der Waals surface area (Å²) in [5, 5.41) is 0. The van der Waals surface area contributed by atoms with Gasteiger partial charge < -0.3 is 0 Å². The molecule has 0 saturated heterocycles. The van der Waals surface area contributed by atoms with Gasteiger partial charge in [0.15, 0.2) is 0 Å². The molecule has 0 bridgehead atoms. The zero-order valence-corrected chi connectivity index (χ0v) is 11.1. The van der Waals surface area contributed by atoms with Crippen LogP contribution in [0.1, 0.15) is 39.0 Å². The van der Waals surface area contributed by atoms with E-state index >= 15 is 0 Å². The maximum atomic E-state index is 7.45. The highest BCUT2D eigenvalue weighted by Gasteiger charge is 2.54. The second-order valence-electron chi connectivity index (χ2n) is 5.10. The fraction of sp³-hybridized carbons (Fsp3) is 0.500.